The lowest BCUT2D eigenvalue weighted by Crippen LogP contribution is -2.21. The van der Waals surface area contributed by atoms with Gasteiger partial charge < -0.3 is 10.1 Å². The van der Waals surface area contributed by atoms with Gasteiger partial charge in [0.1, 0.15) is 0 Å². The van der Waals surface area contributed by atoms with Crippen LogP contribution < -0.4 is 5.32 Å². The van der Waals surface area contributed by atoms with Crippen LogP contribution in [0.15, 0.2) is 42.5 Å². The summed E-state index contributed by atoms with van der Waals surface area (Å²) in [7, 11) is 0. The number of benzene rings is 2. The van der Waals surface area contributed by atoms with Gasteiger partial charge in [-0.2, -0.15) is 0 Å². The predicted octanol–water partition coefficient (Wildman–Crippen LogP) is 3.92. The topological polar surface area (TPSA) is 72.5 Å². The van der Waals surface area contributed by atoms with Crippen molar-refractivity contribution in [3.8, 4) is 0 Å². The first kappa shape index (κ1) is 19.0. The van der Waals surface area contributed by atoms with Crippen LogP contribution in [0.4, 0.5) is 5.69 Å². The molecule has 0 saturated heterocycles. The van der Waals surface area contributed by atoms with Gasteiger partial charge in [-0.1, -0.05) is 41.4 Å². The Morgan fingerprint density at radius 3 is 2.52 bits per heavy atom. The number of esters is 1. The lowest BCUT2D eigenvalue weighted by atomic mass is 10.1. The fourth-order valence-electron chi connectivity index (χ4n) is 2.03. The summed E-state index contributed by atoms with van der Waals surface area (Å²) in [6, 6.07) is 11.3. The maximum absolute atomic E-state index is 11.8. The first-order chi connectivity index (χ1) is 11.8. The molecule has 2 rings (SSSR count). The lowest BCUT2D eigenvalue weighted by Gasteiger charge is -2.08. The minimum atomic E-state index is -0.586. The van der Waals surface area contributed by atoms with Gasteiger partial charge in [0.15, 0.2) is 12.4 Å². The molecule has 0 radical (unpaired) electrons. The second-order valence-corrected chi connectivity index (χ2v) is 6.10. The fraction of sp³-hybridized carbons (Fsp3) is 0.167. The Labute approximate surface area is 154 Å². The number of hydrogen-bond donors (Lipinski definition) is 1. The van der Waals surface area contributed by atoms with Gasteiger partial charge in [0, 0.05) is 21.3 Å². The lowest BCUT2D eigenvalue weighted by molar-refractivity contribution is -0.146. The molecule has 0 fully saturated rings. The number of ketones is 1. The zero-order valence-electron chi connectivity index (χ0n) is 13.3. The van der Waals surface area contributed by atoms with E-state index in [4.69, 9.17) is 27.9 Å². The molecule has 130 valence electrons. The van der Waals surface area contributed by atoms with Gasteiger partial charge in [-0.05, 0) is 36.8 Å². The molecule has 2 aromatic carbocycles. The van der Waals surface area contributed by atoms with Crippen LogP contribution in [0.1, 0.15) is 22.8 Å². The summed E-state index contributed by atoms with van der Waals surface area (Å²) < 4.78 is 4.93. The van der Waals surface area contributed by atoms with Crippen LogP contribution in [0.25, 0.3) is 0 Å². The van der Waals surface area contributed by atoms with Gasteiger partial charge in [0.25, 0.3) is 5.91 Å². The fourth-order valence-corrected chi connectivity index (χ4v) is 2.51. The largest absolute Gasteiger partial charge is 0.455 e. The molecule has 0 aromatic heterocycles. The second-order valence-electron chi connectivity index (χ2n) is 5.26. The van der Waals surface area contributed by atoms with Gasteiger partial charge in [-0.3, -0.25) is 14.4 Å². The zero-order chi connectivity index (χ0) is 18.4. The van der Waals surface area contributed by atoms with Crippen molar-refractivity contribution in [3.63, 3.8) is 0 Å². The summed E-state index contributed by atoms with van der Waals surface area (Å²) >= 11 is 11.8. The van der Waals surface area contributed by atoms with Crippen molar-refractivity contribution in [1.82, 2.24) is 0 Å². The minimum absolute atomic E-state index is 0.0664. The van der Waals surface area contributed by atoms with E-state index < -0.39 is 18.5 Å². The summed E-state index contributed by atoms with van der Waals surface area (Å²) in [5.74, 6) is -1.20. The minimum Gasteiger partial charge on any atom is -0.455 e. The molecular formula is C18H15Cl2NO4. The van der Waals surface area contributed by atoms with E-state index in [1.807, 2.05) is 0 Å². The molecule has 0 heterocycles. The SMILES string of the molecule is CC(=O)c1cccc(NC(=O)COC(=O)Cc2ccc(Cl)cc2Cl)c1. The molecule has 0 unspecified atom stereocenters. The number of anilines is 1. The van der Waals surface area contributed by atoms with Crippen molar-refractivity contribution in [3.05, 3.63) is 63.6 Å². The summed E-state index contributed by atoms with van der Waals surface area (Å²) in [5, 5.41) is 3.39. The Bertz CT molecular complexity index is 820. The maximum atomic E-state index is 11.8. The maximum Gasteiger partial charge on any atom is 0.310 e. The molecule has 0 spiro atoms. The van der Waals surface area contributed by atoms with Gasteiger partial charge in [0.2, 0.25) is 0 Å². The smallest absolute Gasteiger partial charge is 0.310 e. The van der Waals surface area contributed by atoms with Gasteiger partial charge in [0.05, 0.1) is 6.42 Å². The van der Waals surface area contributed by atoms with E-state index in [9.17, 15) is 14.4 Å². The molecule has 25 heavy (non-hydrogen) atoms. The van der Waals surface area contributed by atoms with Crippen molar-refractivity contribution in [1.29, 1.82) is 0 Å². The third-order valence-electron chi connectivity index (χ3n) is 3.27. The summed E-state index contributed by atoms with van der Waals surface area (Å²) in [4.78, 5) is 35.0. The van der Waals surface area contributed by atoms with Crippen LogP contribution in [0.3, 0.4) is 0 Å². The molecular weight excluding hydrogens is 365 g/mol. The van der Waals surface area contributed by atoms with E-state index in [2.05, 4.69) is 5.32 Å². The zero-order valence-corrected chi connectivity index (χ0v) is 14.9. The van der Waals surface area contributed by atoms with Crippen molar-refractivity contribution in [2.45, 2.75) is 13.3 Å². The van der Waals surface area contributed by atoms with Crippen LogP contribution >= 0.6 is 23.2 Å². The Hall–Kier alpha value is -2.37. The van der Waals surface area contributed by atoms with Crippen LogP contribution in [-0.4, -0.2) is 24.3 Å². The molecule has 5 nitrogen and oxygen atoms in total. The van der Waals surface area contributed by atoms with E-state index in [-0.39, 0.29) is 12.2 Å². The van der Waals surface area contributed by atoms with Crippen LogP contribution in [0.2, 0.25) is 10.0 Å². The standard InChI is InChI=1S/C18H15Cl2NO4/c1-11(22)12-3-2-4-15(7-12)21-17(23)10-25-18(24)8-13-5-6-14(19)9-16(13)20/h2-7,9H,8,10H2,1H3,(H,21,23). The molecule has 0 atom stereocenters. The molecule has 0 aliphatic heterocycles. The Morgan fingerprint density at radius 1 is 1.08 bits per heavy atom. The van der Waals surface area contributed by atoms with Gasteiger partial charge >= 0.3 is 5.97 Å². The third-order valence-corrected chi connectivity index (χ3v) is 3.85. The third kappa shape index (κ3) is 5.89. The summed E-state index contributed by atoms with van der Waals surface area (Å²) in [6.45, 7) is 0.999. The molecule has 1 amide bonds. The number of halogens is 2. The highest BCUT2D eigenvalue weighted by Gasteiger charge is 2.12. The molecule has 2 aromatic rings. The van der Waals surface area contributed by atoms with Crippen molar-refractivity contribution in [2.24, 2.45) is 0 Å². The molecule has 0 aliphatic carbocycles. The summed E-state index contributed by atoms with van der Waals surface area (Å²) in [6.07, 6.45) is -0.0664. The van der Waals surface area contributed by atoms with E-state index in [0.717, 1.165) is 0 Å². The van der Waals surface area contributed by atoms with E-state index >= 15 is 0 Å². The number of hydrogen-bond acceptors (Lipinski definition) is 4. The molecule has 7 heteroatoms. The number of ether oxygens (including phenoxy) is 1. The van der Waals surface area contributed by atoms with Gasteiger partial charge in [-0.25, -0.2) is 0 Å². The first-order valence-electron chi connectivity index (χ1n) is 7.35. The number of carbonyl (C=O) groups excluding carboxylic acids is 3. The molecule has 0 bridgehead atoms. The summed E-state index contributed by atoms with van der Waals surface area (Å²) in [5.41, 5.74) is 1.49. The van der Waals surface area contributed by atoms with Crippen molar-refractivity contribution >= 4 is 46.5 Å². The van der Waals surface area contributed by atoms with E-state index in [0.29, 0.717) is 26.9 Å². The Balaban J connectivity index is 1.86. The monoisotopic (exact) mass is 379 g/mol. The van der Waals surface area contributed by atoms with Gasteiger partial charge in [-0.15, -0.1) is 0 Å². The molecule has 0 aliphatic rings. The van der Waals surface area contributed by atoms with Crippen LogP contribution in [-0.2, 0) is 20.7 Å². The average molecular weight is 380 g/mol. The highest BCUT2D eigenvalue weighted by molar-refractivity contribution is 6.35. The van der Waals surface area contributed by atoms with Crippen molar-refractivity contribution < 1.29 is 19.1 Å². The number of Topliss-reactive ketones (excluding diaryl/α,β-unsaturated/α-hetero) is 1. The van der Waals surface area contributed by atoms with Crippen LogP contribution in [0, 0.1) is 0 Å². The highest BCUT2D eigenvalue weighted by Crippen LogP contribution is 2.21. The quantitative estimate of drug-likeness (QED) is 0.609. The average Bonchev–Trinajstić information content (AvgIpc) is 2.56. The van der Waals surface area contributed by atoms with Crippen LogP contribution in [0.5, 0.6) is 0 Å². The van der Waals surface area contributed by atoms with E-state index in [1.165, 1.54) is 13.0 Å². The van der Waals surface area contributed by atoms with E-state index in [1.54, 1.807) is 36.4 Å². The predicted molar refractivity (Wildman–Crippen MR) is 96.2 cm³/mol. The Morgan fingerprint density at radius 2 is 1.84 bits per heavy atom. The number of rotatable bonds is 6. The number of nitrogens with one attached hydrogen (secondary N) is 1. The highest BCUT2D eigenvalue weighted by atomic mass is 35.5. The Kier molecular flexibility index (Phi) is 6.56. The number of carbonyl (C=O) groups is 3. The first-order valence-corrected chi connectivity index (χ1v) is 8.11. The normalized spacial score (nSPS) is 10.2. The molecule has 1 N–H and O–H groups in total. The number of amides is 1. The second kappa shape index (κ2) is 8.65. The van der Waals surface area contributed by atoms with Crippen molar-refractivity contribution in [2.75, 3.05) is 11.9 Å². The molecule has 0 saturated carbocycles.